The van der Waals surface area contributed by atoms with E-state index in [0.29, 0.717) is 13.0 Å². The third kappa shape index (κ3) is 3.06. The van der Waals surface area contributed by atoms with Crippen LogP contribution in [0.3, 0.4) is 0 Å². The van der Waals surface area contributed by atoms with Crippen LogP contribution in [-0.2, 0) is 22.5 Å². The molecule has 0 fully saturated rings. The summed E-state index contributed by atoms with van der Waals surface area (Å²) < 4.78 is 6.48. The molecule has 0 bridgehead atoms. The number of hydrogen-bond acceptors (Lipinski definition) is 4. The Morgan fingerprint density at radius 3 is 2.71 bits per heavy atom. The number of aliphatic hydroxyl groups is 1. The molecule has 0 aliphatic heterocycles. The van der Waals surface area contributed by atoms with Gasteiger partial charge < -0.3 is 9.84 Å². The number of methoxy groups -OCH3 is 1. The number of nitrogens with zero attached hydrogens (tertiary/aromatic N) is 2. The quantitative estimate of drug-likeness (QED) is 0.775. The molecule has 1 unspecified atom stereocenters. The van der Waals surface area contributed by atoms with E-state index >= 15 is 0 Å². The summed E-state index contributed by atoms with van der Waals surface area (Å²) >= 11 is 0. The van der Waals surface area contributed by atoms with E-state index in [4.69, 9.17) is 9.84 Å². The second-order valence-electron chi connectivity index (χ2n) is 4.22. The summed E-state index contributed by atoms with van der Waals surface area (Å²) in [6, 6.07) is 0. The molecule has 0 radical (unpaired) electrons. The van der Waals surface area contributed by atoms with Crippen LogP contribution in [0.1, 0.15) is 23.9 Å². The maximum Gasteiger partial charge on any atom is 0.308 e. The lowest BCUT2D eigenvalue weighted by atomic mass is 10.00. The Kier molecular flexibility index (Phi) is 4.69. The maximum atomic E-state index is 11.4. The fourth-order valence-electron chi connectivity index (χ4n) is 1.93. The molecule has 0 saturated heterocycles. The summed E-state index contributed by atoms with van der Waals surface area (Å²) in [7, 11) is 1.40. The average Bonchev–Trinajstić information content (AvgIpc) is 2.56. The second kappa shape index (κ2) is 5.82. The lowest BCUT2D eigenvalue weighted by Crippen LogP contribution is -2.16. The minimum Gasteiger partial charge on any atom is -0.469 e. The topological polar surface area (TPSA) is 64.3 Å². The molecule has 5 heteroatoms. The van der Waals surface area contributed by atoms with Gasteiger partial charge in [-0.3, -0.25) is 9.48 Å². The van der Waals surface area contributed by atoms with Crippen molar-refractivity contribution in [1.29, 1.82) is 0 Å². The monoisotopic (exact) mass is 240 g/mol. The van der Waals surface area contributed by atoms with Gasteiger partial charge in [0.05, 0.1) is 31.9 Å². The predicted molar refractivity (Wildman–Crippen MR) is 63.7 cm³/mol. The van der Waals surface area contributed by atoms with Crippen LogP contribution in [0.25, 0.3) is 0 Å². The zero-order valence-corrected chi connectivity index (χ0v) is 10.9. The average molecular weight is 240 g/mol. The molecule has 0 aromatic carbocycles. The van der Waals surface area contributed by atoms with Crippen molar-refractivity contribution in [1.82, 2.24) is 9.78 Å². The Balaban J connectivity index is 2.87. The smallest absolute Gasteiger partial charge is 0.308 e. The SMILES string of the molecule is COC(=O)C(C)Cc1c(C)nn(CCO)c1C. The Morgan fingerprint density at radius 2 is 2.18 bits per heavy atom. The van der Waals surface area contributed by atoms with Gasteiger partial charge in [0, 0.05) is 5.69 Å². The van der Waals surface area contributed by atoms with Crippen molar-refractivity contribution >= 4 is 5.97 Å². The summed E-state index contributed by atoms with van der Waals surface area (Å²) in [6.45, 7) is 6.26. The van der Waals surface area contributed by atoms with Crippen molar-refractivity contribution < 1.29 is 14.6 Å². The van der Waals surface area contributed by atoms with Crippen LogP contribution in [0.2, 0.25) is 0 Å². The minimum atomic E-state index is -0.210. The van der Waals surface area contributed by atoms with Crippen LogP contribution < -0.4 is 0 Å². The van der Waals surface area contributed by atoms with Gasteiger partial charge in [0.1, 0.15) is 0 Å². The van der Waals surface area contributed by atoms with Crippen molar-refractivity contribution in [3.8, 4) is 0 Å². The van der Waals surface area contributed by atoms with E-state index in [1.165, 1.54) is 7.11 Å². The van der Waals surface area contributed by atoms with Crippen molar-refractivity contribution in [3.63, 3.8) is 0 Å². The van der Waals surface area contributed by atoms with Gasteiger partial charge in [-0.25, -0.2) is 0 Å². The van der Waals surface area contributed by atoms with Gasteiger partial charge in [-0.05, 0) is 25.8 Å². The first kappa shape index (κ1) is 13.7. The number of carbonyl (C=O) groups excluding carboxylic acids is 1. The molecular formula is C12H20N2O3. The largest absolute Gasteiger partial charge is 0.469 e. The summed E-state index contributed by atoms with van der Waals surface area (Å²) in [4.78, 5) is 11.4. The van der Waals surface area contributed by atoms with Crippen LogP contribution in [0, 0.1) is 19.8 Å². The molecule has 0 aliphatic carbocycles. The third-order valence-electron chi connectivity index (χ3n) is 2.96. The molecule has 96 valence electrons. The molecule has 5 nitrogen and oxygen atoms in total. The van der Waals surface area contributed by atoms with Crippen LogP contribution >= 0.6 is 0 Å². The lowest BCUT2D eigenvalue weighted by molar-refractivity contribution is -0.144. The first-order valence-electron chi connectivity index (χ1n) is 5.72. The molecule has 1 N–H and O–H groups in total. The van der Waals surface area contributed by atoms with Crippen molar-refractivity contribution in [3.05, 3.63) is 17.0 Å². The molecule has 1 heterocycles. The van der Waals surface area contributed by atoms with Crippen molar-refractivity contribution in [2.75, 3.05) is 13.7 Å². The van der Waals surface area contributed by atoms with Crippen LogP contribution in [-0.4, -0.2) is 34.6 Å². The van der Waals surface area contributed by atoms with Crippen molar-refractivity contribution in [2.24, 2.45) is 5.92 Å². The van der Waals surface area contributed by atoms with Crippen LogP contribution in [0.5, 0.6) is 0 Å². The number of aromatic nitrogens is 2. The van der Waals surface area contributed by atoms with Crippen molar-refractivity contribution in [2.45, 2.75) is 33.7 Å². The zero-order chi connectivity index (χ0) is 13.0. The van der Waals surface area contributed by atoms with Gasteiger partial charge in [0.25, 0.3) is 0 Å². The van der Waals surface area contributed by atoms with Gasteiger partial charge in [-0.15, -0.1) is 0 Å². The van der Waals surface area contributed by atoms with Gasteiger partial charge in [-0.2, -0.15) is 5.10 Å². The standard InChI is InChI=1S/C12H20N2O3/c1-8(12(16)17-4)7-11-9(2)13-14(5-6-15)10(11)3/h8,15H,5-7H2,1-4H3. The van der Waals surface area contributed by atoms with Gasteiger partial charge in [-0.1, -0.05) is 6.92 Å². The first-order chi connectivity index (χ1) is 8.01. The predicted octanol–water partition coefficient (Wildman–Crippen LogP) is 0.844. The van der Waals surface area contributed by atoms with Gasteiger partial charge in [0.15, 0.2) is 0 Å². The number of aliphatic hydroxyl groups excluding tert-OH is 1. The maximum absolute atomic E-state index is 11.4. The number of carbonyl (C=O) groups is 1. The van der Waals surface area contributed by atoms with Gasteiger partial charge >= 0.3 is 5.97 Å². The number of esters is 1. The molecular weight excluding hydrogens is 220 g/mol. The molecule has 0 aliphatic rings. The van der Waals surface area contributed by atoms with E-state index in [-0.39, 0.29) is 18.5 Å². The number of ether oxygens (including phenoxy) is 1. The Bertz CT molecular complexity index is 399. The molecule has 0 amide bonds. The van der Waals surface area contributed by atoms with Crippen LogP contribution in [0.4, 0.5) is 0 Å². The highest BCUT2D eigenvalue weighted by molar-refractivity contribution is 5.72. The molecule has 1 atom stereocenters. The normalized spacial score (nSPS) is 12.5. The highest BCUT2D eigenvalue weighted by Gasteiger charge is 2.19. The Labute approximate surface area is 101 Å². The van der Waals surface area contributed by atoms with E-state index in [1.807, 2.05) is 20.8 Å². The van der Waals surface area contributed by atoms with Crippen LogP contribution in [0.15, 0.2) is 0 Å². The highest BCUT2D eigenvalue weighted by atomic mass is 16.5. The summed E-state index contributed by atoms with van der Waals surface area (Å²) in [6.07, 6.45) is 0.621. The Hall–Kier alpha value is -1.36. The summed E-state index contributed by atoms with van der Waals surface area (Å²) in [5, 5.41) is 13.3. The van der Waals surface area contributed by atoms with E-state index in [0.717, 1.165) is 17.0 Å². The third-order valence-corrected chi connectivity index (χ3v) is 2.96. The molecule has 0 saturated carbocycles. The second-order valence-corrected chi connectivity index (χ2v) is 4.22. The van der Waals surface area contributed by atoms with Gasteiger partial charge in [0.2, 0.25) is 0 Å². The number of hydrogen-bond donors (Lipinski definition) is 1. The molecule has 0 spiro atoms. The lowest BCUT2D eigenvalue weighted by Gasteiger charge is -2.09. The number of rotatable bonds is 5. The highest BCUT2D eigenvalue weighted by Crippen LogP contribution is 2.18. The van der Waals surface area contributed by atoms with E-state index in [9.17, 15) is 4.79 Å². The molecule has 1 rings (SSSR count). The minimum absolute atomic E-state index is 0.0634. The molecule has 17 heavy (non-hydrogen) atoms. The fraction of sp³-hybridized carbons (Fsp3) is 0.667. The zero-order valence-electron chi connectivity index (χ0n) is 10.9. The Morgan fingerprint density at radius 1 is 1.53 bits per heavy atom. The fourth-order valence-corrected chi connectivity index (χ4v) is 1.93. The van der Waals surface area contributed by atoms with E-state index in [2.05, 4.69) is 5.10 Å². The molecule has 1 aromatic heterocycles. The summed E-state index contributed by atoms with van der Waals surface area (Å²) in [5.41, 5.74) is 2.98. The van der Waals surface area contributed by atoms with E-state index in [1.54, 1.807) is 4.68 Å². The summed E-state index contributed by atoms with van der Waals surface area (Å²) in [5.74, 6) is -0.386. The number of aryl methyl sites for hydroxylation is 1. The first-order valence-corrected chi connectivity index (χ1v) is 5.72. The molecule has 1 aromatic rings. The van der Waals surface area contributed by atoms with E-state index < -0.39 is 0 Å².